The quantitative estimate of drug-likeness (QED) is 0.559. The van der Waals surface area contributed by atoms with Crippen LogP contribution >= 0.6 is 0 Å². The van der Waals surface area contributed by atoms with Gasteiger partial charge in [-0.3, -0.25) is 0 Å². The Morgan fingerprint density at radius 3 is 2.50 bits per heavy atom. The van der Waals surface area contributed by atoms with Crippen molar-refractivity contribution in [2.75, 3.05) is 0 Å². The van der Waals surface area contributed by atoms with Crippen LogP contribution in [0, 0.1) is 18.6 Å². The van der Waals surface area contributed by atoms with Gasteiger partial charge in [0.25, 0.3) is 0 Å². The highest BCUT2D eigenvalue weighted by atomic mass is 19.2. The number of halogens is 2. The average Bonchev–Trinajstić information content (AvgIpc) is 2.21. The summed E-state index contributed by atoms with van der Waals surface area (Å²) in [5.74, 6) is -1.75. The summed E-state index contributed by atoms with van der Waals surface area (Å²) >= 11 is 0. The summed E-state index contributed by atoms with van der Waals surface area (Å²) < 4.78 is 27.1. The van der Waals surface area contributed by atoms with E-state index in [0.29, 0.717) is 12.8 Å². The highest BCUT2D eigenvalue weighted by molar-refractivity contribution is 5.41. The molecule has 84 valence electrons. The number of hydrogen-bond donors (Lipinski definition) is 0. The lowest BCUT2D eigenvalue weighted by Crippen LogP contribution is -2.33. The number of carbonyl (C=O) groups excluding carboxylic acids is 1. The molecule has 2 nitrogen and oxygen atoms in total. The van der Waals surface area contributed by atoms with Gasteiger partial charge in [0.2, 0.25) is 6.08 Å². The van der Waals surface area contributed by atoms with Crippen molar-refractivity contribution in [3.05, 3.63) is 34.9 Å². The van der Waals surface area contributed by atoms with E-state index in [1.165, 1.54) is 25.1 Å². The number of benzene rings is 1. The third-order valence-electron chi connectivity index (χ3n) is 3.22. The fourth-order valence-electron chi connectivity index (χ4n) is 2.05. The van der Waals surface area contributed by atoms with Crippen molar-refractivity contribution in [3.63, 3.8) is 0 Å². The van der Waals surface area contributed by atoms with Crippen molar-refractivity contribution in [2.45, 2.75) is 31.7 Å². The first-order chi connectivity index (χ1) is 7.60. The zero-order valence-corrected chi connectivity index (χ0v) is 8.89. The molecule has 1 aromatic carbocycles. The van der Waals surface area contributed by atoms with Crippen LogP contribution in [-0.4, -0.2) is 6.08 Å². The molecule has 0 heterocycles. The van der Waals surface area contributed by atoms with Gasteiger partial charge in [-0.2, -0.15) is 4.99 Å². The maximum atomic E-state index is 13.7. The number of aryl methyl sites for hydroxylation is 1. The Labute approximate surface area is 92.0 Å². The summed E-state index contributed by atoms with van der Waals surface area (Å²) in [4.78, 5) is 14.0. The van der Waals surface area contributed by atoms with Crippen LogP contribution in [0.2, 0.25) is 0 Å². The van der Waals surface area contributed by atoms with Crippen LogP contribution < -0.4 is 0 Å². The van der Waals surface area contributed by atoms with Crippen molar-refractivity contribution in [2.24, 2.45) is 4.99 Å². The summed E-state index contributed by atoms with van der Waals surface area (Å²) in [6.45, 7) is 1.50. The smallest absolute Gasteiger partial charge is 0.211 e. The number of aliphatic imine (C=N–C) groups is 1. The highest BCUT2D eigenvalue weighted by Crippen LogP contribution is 2.46. The molecule has 1 saturated carbocycles. The van der Waals surface area contributed by atoms with E-state index in [4.69, 9.17) is 0 Å². The Hall–Kier alpha value is -1.54. The van der Waals surface area contributed by atoms with E-state index in [0.717, 1.165) is 6.42 Å². The molecule has 4 heteroatoms. The van der Waals surface area contributed by atoms with Crippen molar-refractivity contribution < 1.29 is 13.6 Å². The van der Waals surface area contributed by atoms with Crippen molar-refractivity contribution >= 4 is 6.08 Å². The van der Waals surface area contributed by atoms with Gasteiger partial charge >= 0.3 is 0 Å². The van der Waals surface area contributed by atoms with Crippen LogP contribution in [0.1, 0.15) is 30.4 Å². The molecule has 2 rings (SSSR count). The zero-order valence-electron chi connectivity index (χ0n) is 8.89. The van der Waals surface area contributed by atoms with Crippen LogP contribution in [0.3, 0.4) is 0 Å². The third kappa shape index (κ3) is 1.46. The fraction of sp³-hybridized carbons (Fsp3) is 0.417. The van der Waals surface area contributed by atoms with Gasteiger partial charge in [0, 0.05) is 5.56 Å². The second-order valence-corrected chi connectivity index (χ2v) is 4.15. The molecule has 1 aliphatic carbocycles. The third-order valence-corrected chi connectivity index (χ3v) is 3.22. The van der Waals surface area contributed by atoms with Crippen molar-refractivity contribution in [1.29, 1.82) is 0 Å². The number of hydrogen-bond acceptors (Lipinski definition) is 2. The predicted molar refractivity (Wildman–Crippen MR) is 54.7 cm³/mol. The molecule has 16 heavy (non-hydrogen) atoms. The Balaban J connectivity index is 2.55. The molecule has 0 radical (unpaired) electrons. The number of nitrogens with zero attached hydrogens (tertiary/aromatic N) is 1. The van der Waals surface area contributed by atoms with Crippen LogP contribution in [-0.2, 0) is 10.3 Å². The molecule has 1 fully saturated rings. The zero-order chi connectivity index (χ0) is 11.8. The highest BCUT2D eigenvalue weighted by Gasteiger charge is 2.41. The van der Waals surface area contributed by atoms with Crippen molar-refractivity contribution in [1.82, 2.24) is 0 Å². The van der Waals surface area contributed by atoms with E-state index in [2.05, 4.69) is 4.99 Å². The summed E-state index contributed by atoms with van der Waals surface area (Å²) in [6, 6.07) is 3.02. The lowest BCUT2D eigenvalue weighted by atomic mass is 9.72. The van der Waals surface area contributed by atoms with E-state index in [1.807, 2.05) is 0 Å². The second-order valence-electron chi connectivity index (χ2n) is 4.15. The van der Waals surface area contributed by atoms with Crippen molar-refractivity contribution in [3.8, 4) is 0 Å². The maximum Gasteiger partial charge on any atom is 0.235 e. The predicted octanol–water partition coefficient (Wildman–Crippen LogP) is 2.99. The molecule has 0 atom stereocenters. The van der Waals surface area contributed by atoms with E-state index >= 15 is 0 Å². The summed E-state index contributed by atoms with van der Waals surface area (Å²) in [6.07, 6.45) is 3.46. The van der Waals surface area contributed by atoms with Crippen LogP contribution in [0.4, 0.5) is 8.78 Å². The van der Waals surface area contributed by atoms with E-state index < -0.39 is 17.2 Å². The minimum Gasteiger partial charge on any atom is -0.211 e. The van der Waals surface area contributed by atoms with Gasteiger partial charge in [-0.1, -0.05) is 12.1 Å². The molecular weight excluding hydrogens is 212 g/mol. The molecule has 0 aliphatic heterocycles. The number of isocyanates is 1. The van der Waals surface area contributed by atoms with E-state index in [9.17, 15) is 13.6 Å². The summed E-state index contributed by atoms with van der Waals surface area (Å²) in [5, 5.41) is 0. The second kappa shape index (κ2) is 3.80. The standard InChI is InChI=1S/C12H11F2NO/c1-8-3-4-9(11(14)10(8)13)12(15-7-16)5-2-6-12/h3-4H,2,5-6H2,1H3. The van der Waals surface area contributed by atoms with Gasteiger partial charge in [-0.05, 0) is 31.7 Å². The molecule has 0 amide bonds. The largest absolute Gasteiger partial charge is 0.235 e. The minimum absolute atomic E-state index is 0.171. The molecule has 0 aromatic heterocycles. The topological polar surface area (TPSA) is 29.4 Å². The lowest BCUT2D eigenvalue weighted by Gasteiger charge is -2.37. The Morgan fingerprint density at radius 1 is 1.31 bits per heavy atom. The molecule has 0 N–H and O–H groups in total. The normalized spacial score (nSPS) is 17.4. The monoisotopic (exact) mass is 223 g/mol. The van der Waals surface area contributed by atoms with Gasteiger partial charge in [0.1, 0.15) is 5.54 Å². The Kier molecular flexibility index (Phi) is 2.60. The van der Waals surface area contributed by atoms with Crippen LogP contribution in [0.15, 0.2) is 17.1 Å². The Morgan fingerprint density at radius 2 is 2.00 bits per heavy atom. The van der Waals surface area contributed by atoms with Gasteiger partial charge in [-0.15, -0.1) is 0 Å². The molecular formula is C12H11F2NO. The summed E-state index contributed by atoms with van der Waals surface area (Å²) in [7, 11) is 0. The minimum atomic E-state index is -0.890. The summed E-state index contributed by atoms with van der Waals surface area (Å²) in [5.41, 5.74) is -0.448. The maximum absolute atomic E-state index is 13.7. The van der Waals surface area contributed by atoms with Gasteiger partial charge in [0.15, 0.2) is 11.6 Å². The molecule has 0 unspecified atom stereocenters. The first-order valence-electron chi connectivity index (χ1n) is 5.15. The van der Waals surface area contributed by atoms with E-state index in [1.54, 1.807) is 0 Å². The Bertz CT molecular complexity index is 474. The molecule has 0 saturated heterocycles. The average molecular weight is 223 g/mol. The molecule has 0 spiro atoms. The SMILES string of the molecule is Cc1ccc(C2(N=C=O)CCC2)c(F)c1F. The van der Waals surface area contributed by atoms with Crippen LogP contribution in [0.25, 0.3) is 0 Å². The van der Waals surface area contributed by atoms with Crippen LogP contribution in [0.5, 0.6) is 0 Å². The van der Waals surface area contributed by atoms with E-state index in [-0.39, 0.29) is 11.1 Å². The molecule has 1 aromatic rings. The fourth-order valence-corrected chi connectivity index (χ4v) is 2.05. The van der Waals surface area contributed by atoms with Gasteiger partial charge < -0.3 is 0 Å². The van der Waals surface area contributed by atoms with Gasteiger partial charge in [0.05, 0.1) is 0 Å². The first kappa shape index (κ1) is 11.0. The first-order valence-corrected chi connectivity index (χ1v) is 5.15. The lowest BCUT2D eigenvalue weighted by molar-refractivity contribution is 0.244. The van der Waals surface area contributed by atoms with Gasteiger partial charge in [-0.25, -0.2) is 13.6 Å². The molecule has 0 bridgehead atoms. The molecule has 1 aliphatic rings. The number of rotatable bonds is 2.